The largest absolute Gasteiger partial charge is 0.375 e. The fraction of sp³-hybridized carbons (Fsp3) is 0.214. The molecule has 106 valence electrons. The monoisotopic (exact) mass is 361 g/mol. The third-order valence-corrected chi connectivity index (χ3v) is 5.03. The van der Waals surface area contributed by atoms with E-state index in [1.54, 1.807) is 17.7 Å². The summed E-state index contributed by atoms with van der Waals surface area (Å²) in [5, 5.41) is 1.71. The van der Waals surface area contributed by atoms with Gasteiger partial charge in [0.2, 0.25) is 0 Å². The van der Waals surface area contributed by atoms with E-state index < -0.39 is 0 Å². The highest BCUT2D eigenvalue weighted by Crippen LogP contribution is 2.32. The standard InChI is InChI=1S/C14H12BrN5S/c15-8-1-2-10-9(5-8)13(18-7-17-10)20-4-3-11-12(6-20)21-14(16)19-11/h1-2,5,7H,3-4,6H2,(H2,16,19). The van der Waals surface area contributed by atoms with Crippen LogP contribution in [-0.2, 0) is 13.0 Å². The van der Waals surface area contributed by atoms with E-state index in [9.17, 15) is 0 Å². The van der Waals surface area contributed by atoms with Crippen LogP contribution in [0.2, 0.25) is 0 Å². The van der Waals surface area contributed by atoms with Crippen molar-refractivity contribution in [3.63, 3.8) is 0 Å². The van der Waals surface area contributed by atoms with Crippen molar-refractivity contribution < 1.29 is 0 Å². The first-order valence-electron chi connectivity index (χ1n) is 6.60. The summed E-state index contributed by atoms with van der Waals surface area (Å²) in [4.78, 5) is 16.7. The minimum Gasteiger partial charge on any atom is -0.375 e. The molecule has 1 aliphatic rings. The van der Waals surface area contributed by atoms with E-state index in [1.807, 2.05) is 12.1 Å². The molecule has 3 aromatic rings. The molecule has 0 saturated carbocycles. The number of rotatable bonds is 1. The molecule has 0 unspecified atom stereocenters. The van der Waals surface area contributed by atoms with Crippen LogP contribution < -0.4 is 10.6 Å². The number of anilines is 2. The van der Waals surface area contributed by atoms with Crippen molar-refractivity contribution in [3.05, 3.63) is 39.6 Å². The predicted molar refractivity (Wildman–Crippen MR) is 88.5 cm³/mol. The number of benzene rings is 1. The molecule has 7 heteroatoms. The van der Waals surface area contributed by atoms with Gasteiger partial charge in [0, 0.05) is 27.7 Å². The van der Waals surface area contributed by atoms with E-state index in [2.05, 4.69) is 41.8 Å². The van der Waals surface area contributed by atoms with Crippen molar-refractivity contribution in [1.29, 1.82) is 0 Å². The highest BCUT2D eigenvalue weighted by Gasteiger charge is 2.22. The van der Waals surface area contributed by atoms with Crippen LogP contribution >= 0.6 is 27.3 Å². The molecule has 0 aliphatic carbocycles. The van der Waals surface area contributed by atoms with E-state index in [-0.39, 0.29) is 0 Å². The maximum absolute atomic E-state index is 5.81. The summed E-state index contributed by atoms with van der Waals surface area (Å²) >= 11 is 5.09. The summed E-state index contributed by atoms with van der Waals surface area (Å²) in [6, 6.07) is 6.07. The smallest absolute Gasteiger partial charge is 0.180 e. The van der Waals surface area contributed by atoms with Gasteiger partial charge in [-0.05, 0) is 18.2 Å². The van der Waals surface area contributed by atoms with Gasteiger partial charge in [-0.2, -0.15) is 0 Å². The molecule has 0 spiro atoms. The lowest BCUT2D eigenvalue weighted by atomic mass is 10.1. The molecule has 0 saturated heterocycles. The molecule has 2 N–H and O–H groups in total. The van der Waals surface area contributed by atoms with E-state index in [0.717, 1.165) is 46.4 Å². The van der Waals surface area contributed by atoms with Gasteiger partial charge in [0.25, 0.3) is 0 Å². The van der Waals surface area contributed by atoms with E-state index in [1.165, 1.54) is 4.88 Å². The average molecular weight is 362 g/mol. The summed E-state index contributed by atoms with van der Waals surface area (Å²) in [6.45, 7) is 1.71. The molecule has 0 amide bonds. The first-order valence-corrected chi connectivity index (χ1v) is 8.21. The Bertz CT molecular complexity index is 831. The number of nitrogens with zero attached hydrogens (tertiary/aromatic N) is 4. The fourth-order valence-electron chi connectivity index (χ4n) is 2.66. The van der Waals surface area contributed by atoms with Crippen molar-refractivity contribution in [2.24, 2.45) is 0 Å². The fourth-order valence-corrected chi connectivity index (χ4v) is 3.92. The van der Waals surface area contributed by atoms with Crippen LogP contribution in [0.3, 0.4) is 0 Å². The number of hydrogen-bond acceptors (Lipinski definition) is 6. The maximum Gasteiger partial charge on any atom is 0.180 e. The van der Waals surface area contributed by atoms with Gasteiger partial charge in [-0.15, -0.1) is 11.3 Å². The third-order valence-electron chi connectivity index (χ3n) is 3.62. The first-order chi connectivity index (χ1) is 10.2. The summed E-state index contributed by atoms with van der Waals surface area (Å²) in [5.41, 5.74) is 7.90. The second-order valence-corrected chi connectivity index (χ2v) is 6.98. The Kier molecular flexibility index (Phi) is 3.04. The Labute approximate surface area is 134 Å². The van der Waals surface area contributed by atoms with E-state index >= 15 is 0 Å². The Morgan fingerprint density at radius 1 is 1.29 bits per heavy atom. The lowest BCUT2D eigenvalue weighted by molar-refractivity contribution is 0.721. The number of nitrogens with two attached hydrogens (primary N) is 1. The van der Waals surface area contributed by atoms with Crippen molar-refractivity contribution in [2.45, 2.75) is 13.0 Å². The van der Waals surface area contributed by atoms with Crippen LogP contribution in [0.5, 0.6) is 0 Å². The molecule has 4 rings (SSSR count). The summed E-state index contributed by atoms with van der Waals surface area (Å²) in [6.07, 6.45) is 2.53. The minimum absolute atomic E-state index is 0.650. The molecule has 0 radical (unpaired) electrons. The highest BCUT2D eigenvalue weighted by atomic mass is 79.9. The lowest BCUT2D eigenvalue weighted by Crippen LogP contribution is -2.30. The van der Waals surface area contributed by atoms with Gasteiger partial charge in [0.15, 0.2) is 5.13 Å². The van der Waals surface area contributed by atoms with Crippen molar-refractivity contribution in [2.75, 3.05) is 17.2 Å². The van der Waals surface area contributed by atoms with Gasteiger partial charge in [-0.1, -0.05) is 15.9 Å². The zero-order valence-corrected chi connectivity index (χ0v) is 13.5. The number of hydrogen-bond donors (Lipinski definition) is 1. The van der Waals surface area contributed by atoms with Gasteiger partial charge in [-0.25, -0.2) is 15.0 Å². The maximum atomic E-state index is 5.81. The molecule has 0 atom stereocenters. The minimum atomic E-state index is 0.650. The quantitative estimate of drug-likeness (QED) is 0.721. The van der Waals surface area contributed by atoms with Crippen LogP contribution in [0.25, 0.3) is 10.9 Å². The van der Waals surface area contributed by atoms with Gasteiger partial charge in [0.1, 0.15) is 12.1 Å². The Hall–Kier alpha value is -1.73. The van der Waals surface area contributed by atoms with Gasteiger partial charge in [-0.3, -0.25) is 0 Å². The number of fused-ring (bicyclic) bond motifs is 2. The van der Waals surface area contributed by atoms with E-state index in [0.29, 0.717) is 5.13 Å². The number of aromatic nitrogens is 3. The van der Waals surface area contributed by atoms with Crippen molar-refractivity contribution in [1.82, 2.24) is 15.0 Å². The Balaban J connectivity index is 1.79. The van der Waals surface area contributed by atoms with Crippen molar-refractivity contribution in [3.8, 4) is 0 Å². The third kappa shape index (κ3) is 2.26. The molecular weight excluding hydrogens is 350 g/mol. The highest BCUT2D eigenvalue weighted by molar-refractivity contribution is 9.10. The summed E-state index contributed by atoms with van der Waals surface area (Å²) in [7, 11) is 0. The normalized spacial score (nSPS) is 14.4. The van der Waals surface area contributed by atoms with Crippen LogP contribution in [0.4, 0.5) is 10.9 Å². The Morgan fingerprint density at radius 2 is 2.19 bits per heavy atom. The molecule has 5 nitrogen and oxygen atoms in total. The summed E-state index contributed by atoms with van der Waals surface area (Å²) in [5.74, 6) is 0.971. The van der Waals surface area contributed by atoms with Gasteiger partial charge in [0.05, 0.1) is 17.8 Å². The molecule has 21 heavy (non-hydrogen) atoms. The molecule has 2 aromatic heterocycles. The topological polar surface area (TPSA) is 67.9 Å². The molecule has 3 heterocycles. The first kappa shape index (κ1) is 13.0. The number of halogens is 1. The molecular formula is C14H12BrN5S. The van der Waals surface area contributed by atoms with E-state index in [4.69, 9.17) is 5.73 Å². The number of thiazole rings is 1. The van der Waals surface area contributed by atoms with Crippen LogP contribution in [0.15, 0.2) is 29.0 Å². The average Bonchev–Trinajstić information content (AvgIpc) is 2.85. The summed E-state index contributed by atoms with van der Waals surface area (Å²) < 4.78 is 1.03. The molecule has 0 fully saturated rings. The van der Waals surface area contributed by atoms with Crippen LogP contribution in [-0.4, -0.2) is 21.5 Å². The lowest BCUT2D eigenvalue weighted by Gasteiger charge is -2.27. The van der Waals surface area contributed by atoms with Gasteiger partial charge >= 0.3 is 0 Å². The molecule has 1 aromatic carbocycles. The predicted octanol–water partition coefficient (Wildman–Crippen LogP) is 2.99. The Morgan fingerprint density at radius 3 is 3.10 bits per heavy atom. The molecule has 1 aliphatic heterocycles. The molecule has 0 bridgehead atoms. The van der Waals surface area contributed by atoms with Gasteiger partial charge < -0.3 is 10.6 Å². The zero-order chi connectivity index (χ0) is 14.4. The SMILES string of the molecule is Nc1nc2c(s1)CN(c1ncnc3ccc(Br)cc13)CC2. The van der Waals surface area contributed by atoms with Crippen LogP contribution in [0, 0.1) is 0 Å². The van der Waals surface area contributed by atoms with Crippen LogP contribution in [0.1, 0.15) is 10.6 Å². The van der Waals surface area contributed by atoms with Crippen molar-refractivity contribution >= 4 is 49.1 Å². The number of nitrogen functional groups attached to an aromatic ring is 1. The second-order valence-electron chi connectivity index (χ2n) is 4.95. The second kappa shape index (κ2) is 4.92. The zero-order valence-electron chi connectivity index (χ0n) is 11.1.